The normalized spacial score (nSPS) is 15.9. The predicted molar refractivity (Wildman–Crippen MR) is 72.2 cm³/mol. The van der Waals surface area contributed by atoms with Crippen LogP contribution in [0, 0.1) is 0 Å². The Labute approximate surface area is 117 Å². The van der Waals surface area contributed by atoms with E-state index in [0.29, 0.717) is 0 Å². The fourth-order valence-corrected chi connectivity index (χ4v) is 2.19. The molecule has 20 heavy (non-hydrogen) atoms. The van der Waals surface area contributed by atoms with Gasteiger partial charge in [0.1, 0.15) is 0 Å². The van der Waals surface area contributed by atoms with Crippen molar-refractivity contribution in [2.24, 2.45) is 0 Å². The van der Waals surface area contributed by atoms with Crippen LogP contribution >= 0.6 is 0 Å². The second-order valence-electron chi connectivity index (χ2n) is 4.90. The van der Waals surface area contributed by atoms with Gasteiger partial charge < -0.3 is 15.5 Å². The zero-order valence-electron chi connectivity index (χ0n) is 11.8. The summed E-state index contributed by atoms with van der Waals surface area (Å²) >= 11 is 0. The fourth-order valence-electron chi connectivity index (χ4n) is 2.19. The van der Waals surface area contributed by atoms with E-state index >= 15 is 0 Å². The number of hydrogen-bond donors (Lipinski definition) is 2. The van der Waals surface area contributed by atoms with Gasteiger partial charge in [-0.25, -0.2) is 4.68 Å². The van der Waals surface area contributed by atoms with E-state index in [0.717, 1.165) is 25.9 Å². The van der Waals surface area contributed by atoms with Crippen molar-refractivity contribution in [2.45, 2.75) is 18.9 Å². The zero-order valence-corrected chi connectivity index (χ0v) is 11.8. The van der Waals surface area contributed by atoms with Gasteiger partial charge in [0, 0.05) is 14.1 Å². The molecule has 2 N–H and O–H groups in total. The van der Waals surface area contributed by atoms with Gasteiger partial charge >= 0.3 is 0 Å². The largest absolute Gasteiger partial charge is 0.358 e. The SMILES string of the molecule is CNC(=O)CN(C)C(=O)c1cn(C2CCNCC2)nn1. The summed E-state index contributed by atoms with van der Waals surface area (Å²) in [5.74, 6) is -0.514. The molecule has 1 aliphatic heterocycles. The maximum Gasteiger partial charge on any atom is 0.276 e. The molecule has 2 amide bonds. The second-order valence-corrected chi connectivity index (χ2v) is 4.90. The van der Waals surface area contributed by atoms with Gasteiger partial charge in [0.15, 0.2) is 5.69 Å². The molecule has 1 aliphatic rings. The van der Waals surface area contributed by atoms with Gasteiger partial charge in [-0.15, -0.1) is 5.10 Å². The van der Waals surface area contributed by atoms with Gasteiger partial charge in [0.05, 0.1) is 18.8 Å². The first-order valence-electron chi connectivity index (χ1n) is 6.70. The van der Waals surface area contributed by atoms with E-state index in [1.165, 1.54) is 11.9 Å². The van der Waals surface area contributed by atoms with E-state index in [2.05, 4.69) is 20.9 Å². The molecule has 0 spiro atoms. The molecule has 0 bridgehead atoms. The zero-order chi connectivity index (χ0) is 14.5. The Morgan fingerprint density at radius 1 is 1.50 bits per heavy atom. The van der Waals surface area contributed by atoms with Crippen LogP contribution in [0.2, 0.25) is 0 Å². The van der Waals surface area contributed by atoms with Crippen LogP contribution in [0.1, 0.15) is 29.4 Å². The van der Waals surface area contributed by atoms with Crippen molar-refractivity contribution in [3.8, 4) is 0 Å². The minimum absolute atomic E-state index is 0.00947. The lowest BCUT2D eigenvalue weighted by Crippen LogP contribution is -2.37. The molecule has 0 saturated carbocycles. The van der Waals surface area contributed by atoms with Crippen LogP contribution in [0.25, 0.3) is 0 Å². The first kappa shape index (κ1) is 14.4. The summed E-state index contributed by atoms with van der Waals surface area (Å²) in [6, 6.07) is 0.287. The number of amides is 2. The molecule has 0 unspecified atom stereocenters. The Balaban J connectivity index is 2.00. The van der Waals surface area contributed by atoms with Crippen molar-refractivity contribution in [3.63, 3.8) is 0 Å². The van der Waals surface area contributed by atoms with Gasteiger partial charge in [0.25, 0.3) is 5.91 Å². The van der Waals surface area contributed by atoms with Gasteiger partial charge in [-0.05, 0) is 25.9 Å². The molecule has 2 heterocycles. The van der Waals surface area contributed by atoms with Gasteiger partial charge in [-0.1, -0.05) is 5.21 Å². The fraction of sp³-hybridized carbons (Fsp3) is 0.667. The van der Waals surface area contributed by atoms with Crippen molar-refractivity contribution < 1.29 is 9.59 Å². The van der Waals surface area contributed by atoms with Crippen LogP contribution in [0.4, 0.5) is 0 Å². The third-order valence-electron chi connectivity index (χ3n) is 3.42. The highest BCUT2D eigenvalue weighted by Crippen LogP contribution is 2.17. The van der Waals surface area contributed by atoms with E-state index in [9.17, 15) is 9.59 Å². The Kier molecular flexibility index (Phi) is 4.67. The molecule has 0 aromatic carbocycles. The first-order chi connectivity index (χ1) is 9.61. The molecule has 0 atom stereocenters. The standard InChI is InChI=1S/C12H20N6O2/c1-13-11(19)8-17(2)12(20)10-7-18(16-15-10)9-3-5-14-6-4-9/h7,9,14H,3-6,8H2,1-2H3,(H,13,19). The molecule has 8 heteroatoms. The molecular weight excluding hydrogens is 260 g/mol. The monoisotopic (exact) mass is 280 g/mol. The average molecular weight is 280 g/mol. The van der Waals surface area contributed by atoms with E-state index < -0.39 is 0 Å². The van der Waals surface area contributed by atoms with E-state index in [1.807, 2.05) is 0 Å². The minimum atomic E-state index is -0.297. The number of nitrogens with one attached hydrogen (secondary N) is 2. The van der Waals surface area contributed by atoms with Gasteiger partial charge in [-0.3, -0.25) is 9.59 Å². The van der Waals surface area contributed by atoms with Crippen LogP contribution in [-0.2, 0) is 4.79 Å². The third-order valence-corrected chi connectivity index (χ3v) is 3.42. The minimum Gasteiger partial charge on any atom is -0.358 e. The number of nitrogens with zero attached hydrogens (tertiary/aromatic N) is 4. The molecule has 1 saturated heterocycles. The molecule has 1 fully saturated rings. The highest BCUT2D eigenvalue weighted by Gasteiger charge is 2.21. The van der Waals surface area contributed by atoms with E-state index in [1.54, 1.807) is 17.9 Å². The quantitative estimate of drug-likeness (QED) is 0.739. The summed E-state index contributed by atoms with van der Waals surface area (Å²) in [5, 5.41) is 13.7. The molecule has 2 rings (SSSR count). The molecule has 1 aromatic rings. The van der Waals surface area contributed by atoms with Crippen molar-refractivity contribution in [2.75, 3.05) is 33.7 Å². The van der Waals surface area contributed by atoms with Crippen LogP contribution in [0.15, 0.2) is 6.20 Å². The smallest absolute Gasteiger partial charge is 0.276 e. The van der Waals surface area contributed by atoms with Crippen LogP contribution in [-0.4, -0.2) is 65.4 Å². The maximum atomic E-state index is 12.1. The summed E-state index contributed by atoms with van der Waals surface area (Å²) < 4.78 is 1.75. The summed E-state index contributed by atoms with van der Waals surface area (Å²) in [4.78, 5) is 24.7. The highest BCUT2D eigenvalue weighted by atomic mass is 16.2. The number of piperidine rings is 1. The van der Waals surface area contributed by atoms with Crippen molar-refractivity contribution in [3.05, 3.63) is 11.9 Å². The molecule has 1 aromatic heterocycles. The number of carbonyl (C=O) groups excluding carboxylic acids is 2. The summed E-state index contributed by atoms with van der Waals surface area (Å²) in [6.07, 6.45) is 3.62. The predicted octanol–water partition coefficient (Wildman–Crippen LogP) is -0.979. The summed E-state index contributed by atoms with van der Waals surface area (Å²) in [6.45, 7) is 1.91. The number of hydrogen-bond acceptors (Lipinski definition) is 5. The van der Waals surface area contributed by atoms with Crippen LogP contribution in [0.3, 0.4) is 0 Å². The molecule has 110 valence electrons. The van der Waals surface area contributed by atoms with Crippen LogP contribution in [0.5, 0.6) is 0 Å². The summed E-state index contributed by atoms with van der Waals surface area (Å²) in [7, 11) is 3.11. The van der Waals surface area contributed by atoms with Gasteiger partial charge in [-0.2, -0.15) is 0 Å². The Hall–Kier alpha value is -1.96. The number of carbonyl (C=O) groups is 2. The highest BCUT2D eigenvalue weighted by molar-refractivity contribution is 5.94. The lowest BCUT2D eigenvalue weighted by molar-refractivity contribution is -0.121. The van der Waals surface area contributed by atoms with Crippen molar-refractivity contribution in [1.29, 1.82) is 0 Å². The molecular formula is C12H20N6O2. The average Bonchev–Trinajstić information content (AvgIpc) is 2.97. The molecule has 8 nitrogen and oxygen atoms in total. The van der Waals surface area contributed by atoms with E-state index in [4.69, 9.17) is 0 Å². The lowest BCUT2D eigenvalue weighted by atomic mass is 10.1. The number of aromatic nitrogens is 3. The van der Waals surface area contributed by atoms with Crippen LogP contribution < -0.4 is 10.6 Å². The number of likely N-dealkylation sites (N-methyl/N-ethyl adjacent to an activating group) is 2. The lowest BCUT2D eigenvalue weighted by Gasteiger charge is -2.22. The Morgan fingerprint density at radius 2 is 2.20 bits per heavy atom. The van der Waals surface area contributed by atoms with E-state index in [-0.39, 0.29) is 30.1 Å². The van der Waals surface area contributed by atoms with Crippen molar-refractivity contribution in [1.82, 2.24) is 30.5 Å². The second kappa shape index (κ2) is 6.47. The first-order valence-corrected chi connectivity index (χ1v) is 6.70. The van der Waals surface area contributed by atoms with Gasteiger partial charge in [0.2, 0.25) is 5.91 Å². The number of rotatable bonds is 4. The Morgan fingerprint density at radius 3 is 2.85 bits per heavy atom. The molecule has 0 aliphatic carbocycles. The van der Waals surface area contributed by atoms with Crippen molar-refractivity contribution >= 4 is 11.8 Å². The molecule has 0 radical (unpaired) electrons. The maximum absolute atomic E-state index is 12.1. The summed E-state index contributed by atoms with van der Waals surface area (Å²) in [5.41, 5.74) is 0.273. The topological polar surface area (TPSA) is 92.2 Å². The Bertz CT molecular complexity index is 480. The third kappa shape index (κ3) is 3.32.